The Bertz CT molecular complexity index is 918. The first-order valence-corrected chi connectivity index (χ1v) is 10.5. The van der Waals surface area contributed by atoms with Gasteiger partial charge in [0.1, 0.15) is 4.88 Å². The van der Waals surface area contributed by atoms with Gasteiger partial charge in [-0.3, -0.25) is 4.79 Å². The van der Waals surface area contributed by atoms with Gasteiger partial charge in [0.25, 0.3) is 5.91 Å². The standard InChI is InChI=1S/C22H24N4OS/c1-2-19-20(21(27)23-17-9-5-3-6-10-17)28-22(24-19)26-15-13-25(14-16-26)18-11-7-4-8-12-18/h3-12H,2,13-16H2,1H3,(H,23,27). The predicted octanol–water partition coefficient (Wildman–Crippen LogP) is 4.28. The van der Waals surface area contributed by atoms with Crippen LogP contribution in [0.25, 0.3) is 0 Å². The number of benzene rings is 2. The second-order valence-corrected chi connectivity index (χ2v) is 7.73. The lowest BCUT2D eigenvalue weighted by atomic mass is 10.2. The van der Waals surface area contributed by atoms with Crippen molar-refractivity contribution in [1.29, 1.82) is 0 Å². The lowest BCUT2D eigenvalue weighted by Crippen LogP contribution is -2.46. The number of carbonyl (C=O) groups excluding carboxylic acids is 1. The summed E-state index contributed by atoms with van der Waals surface area (Å²) in [5.74, 6) is -0.0743. The molecule has 3 aromatic rings. The molecule has 144 valence electrons. The minimum Gasteiger partial charge on any atom is -0.368 e. The normalized spacial score (nSPS) is 14.2. The number of nitrogens with zero attached hydrogens (tertiary/aromatic N) is 3. The Labute approximate surface area is 169 Å². The fourth-order valence-electron chi connectivity index (χ4n) is 3.40. The van der Waals surface area contributed by atoms with Crippen LogP contribution in [0.4, 0.5) is 16.5 Å². The zero-order valence-corrected chi connectivity index (χ0v) is 16.8. The van der Waals surface area contributed by atoms with Gasteiger partial charge in [-0.2, -0.15) is 0 Å². The number of piperazine rings is 1. The molecule has 0 aliphatic carbocycles. The number of hydrogen-bond acceptors (Lipinski definition) is 5. The SMILES string of the molecule is CCc1nc(N2CCN(c3ccccc3)CC2)sc1C(=O)Nc1ccccc1. The molecule has 1 saturated heterocycles. The molecule has 2 heterocycles. The third-order valence-corrected chi connectivity index (χ3v) is 6.09. The highest BCUT2D eigenvalue weighted by Gasteiger charge is 2.23. The van der Waals surface area contributed by atoms with E-state index in [2.05, 4.69) is 39.4 Å². The van der Waals surface area contributed by atoms with Crippen LogP contribution in [0.1, 0.15) is 22.3 Å². The predicted molar refractivity (Wildman–Crippen MR) is 117 cm³/mol. The molecule has 0 radical (unpaired) electrons. The van der Waals surface area contributed by atoms with E-state index in [1.54, 1.807) is 0 Å². The van der Waals surface area contributed by atoms with Crippen LogP contribution < -0.4 is 15.1 Å². The van der Waals surface area contributed by atoms with Crippen molar-refractivity contribution in [1.82, 2.24) is 4.98 Å². The van der Waals surface area contributed by atoms with Gasteiger partial charge in [0.2, 0.25) is 0 Å². The van der Waals surface area contributed by atoms with Gasteiger partial charge in [0.05, 0.1) is 5.69 Å². The smallest absolute Gasteiger partial charge is 0.267 e. The zero-order chi connectivity index (χ0) is 19.3. The largest absolute Gasteiger partial charge is 0.368 e. The van der Waals surface area contributed by atoms with Crippen molar-refractivity contribution < 1.29 is 4.79 Å². The minimum absolute atomic E-state index is 0.0743. The summed E-state index contributed by atoms with van der Waals surface area (Å²) in [6.07, 6.45) is 0.748. The summed E-state index contributed by atoms with van der Waals surface area (Å²) in [6, 6.07) is 20.1. The van der Waals surface area contributed by atoms with Crippen LogP contribution in [-0.4, -0.2) is 37.1 Å². The molecule has 4 rings (SSSR count). The molecule has 1 N–H and O–H groups in total. The van der Waals surface area contributed by atoms with Gasteiger partial charge >= 0.3 is 0 Å². The number of rotatable bonds is 5. The molecule has 1 fully saturated rings. The molecule has 28 heavy (non-hydrogen) atoms. The summed E-state index contributed by atoms with van der Waals surface area (Å²) in [4.78, 5) is 22.9. The molecule has 1 aliphatic rings. The number of carbonyl (C=O) groups is 1. The quantitative estimate of drug-likeness (QED) is 0.704. The lowest BCUT2D eigenvalue weighted by molar-refractivity contribution is 0.102. The number of thiazole rings is 1. The molecule has 6 heteroatoms. The maximum Gasteiger partial charge on any atom is 0.267 e. The summed E-state index contributed by atoms with van der Waals surface area (Å²) in [5.41, 5.74) is 2.94. The Morgan fingerprint density at radius 1 is 0.964 bits per heavy atom. The van der Waals surface area contributed by atoms with Gasteiger partial charge in [-0.1, -0.05) is 54.7 Å². The van der Waals surface area contributed by atoms with Crippen molar-refractivity contribution in [2.75, 3.05) is 41.3 Å². The molecule has 5 nitrogen and oxygen atoms in total. The first-order valence-electron chi connectivity index (χ1n) is 9.65. The van der Waals surface area contributed by atoms with Gasteiger partial charge in [-0.15, -0.1) is 0 Å². The van der Waals surface area contributed by atoms with Gasteiger partial charge in [-0.05, 0) is 30.7 Å². The number of nitrogens with one attached hydrogen (secondary N) is 1. The van der Waals surface area contributed by atoms with E-state index in [-0.39, 0.29) is 5.91 Å². The van der Waals surface area contributed by atoms with E-state index in [0.29, 0.717) is 4.88 Å². The molecule has 1 aliphatic heterocycles. The third-order valence-electron chi connectivity index (χ3n) is 4.93. The van der Waals surface area contributed by atoms with E-state index in [4.69, 9.17) is 4.98 Å². The summed E-state index contributed by atoms with van der Waals surface area (Å²) in [5, 5.41) is 3.93. The Kier molecular flexibility index (Phi) is 5.58. The molecule has 1 aromatic heterocycles. The number of anilines is 3. The van der Waals surface area contributed by atoms with Crippen LogP contribution in [0.15, 0.2) is 60.7 Å². The molecular weight excluding hydrogens is 368 g/mol. The number of amides is 1. The van der Waals surface area contributed by atoms with E-state index >= 15 is 0 Å². The van der Waals surface area contributed by atoms with Gasteiger partial charge in [0.15, 0.2) is 5.13 Å². The average Bonchev–Trinajstić information content (AvgIpc) is 3.20. The molecule has 1 amide bonds. The van der Waals surface area contributed by atoms with E-state index in [1.807, 2.05) is 43.3 Å². The van der Waals surface area contributed by atoms with Crippen molar-refractivity contribution in [2.45, 2.75) is 13.3 Å². The van der Waals surface area contributed by atoms with E-state index in [0.717, 1.165) is 49.1 Å². The molecular formula is C22H24N4OS. The van der Waals surface area contributed by atoms with Crippen LogP contribution >= 0.6 is 11.3 Å². The van der Waals surface area contributed by atoms with Crippen LogP contribution in [0, 0.1) is 0 Å². The second-order valence-electron chi connectivity index (χ2n) is 6.76. The van der Waals surface area contributed by atoms with Crippen molar-refractivity contribution in [3.63, 3.8) is 0 Å². The Morgan fingerprint density at radius 3 is 2.21 bits per heavy atom. The number of aryl methyl sites for hydroxylation is 1. The van der Waals surface area contributed by atoms with Crippen LogP contribution in [0.5, 0.6) is 0 Å². The van der Waals surface area contributed by atoms with Crippen molar-refractivity contribution in [2.24, 2.45) is 0 Å². The first kappa shape index (κ1) is 18.5. The highest BCUT2D eigenvalue weighted by atomic mass is 32.1. The highest BCUT2D eigenvalue weighted by Crippen LogP contribution is 2.29. The van der Waals surface area contributed by atoms with Crippen molar-refractivity contribution in [3.8, 4) is 0 Å². The Balaban J connectivity index is 1.45. The Hall–Kier alpha value is -2.86. The first-order chi connectivity index (χ1) is 13.7. The molecule has 0 spiro atoms. The van der Waals surface area contributed by atoms with E-state index in [9.17, 15) is 4.79 Å². The minimum atomic E-state index is -0.0743. The molecule has 0 saturated carbocycles. The summed E-state index contributed by atoms with van der Waals surface area (Å²) >= 11 is 1.50. The van der Waals surface area contributed by atoms with Crippen LogP contribution in [0.2, 0.25) is 0 Å². The molecule has 0 unspecified atom stereocenters. The maximum atomic E-state index is 12.8. The fraction of sp³-hybridized carbons (Fsp3) is 0.273. The third kappa shape index (κ3) is 4.02. The van der Waals surface area contributed by atoms with Gasteiger partial charge < -0.3 is 15.1 Å². The van der Waals surface area contributed by atoms with Crippen LogP contribution in [0.3, 0.4) is 0 Å². The van der Waals surface area contributed by atoms with E-state index in [1.165, 1.54) is 17.0 Å². The zero-order valence-electron chi connectivity index (χ0n) is 16.0. The summed E-state index contributed by atoms with van der Waals surface area (Å²) < 4.78 is 0. The van der Waals surface area contributed by atoms with Crippen molar-refractivity contribution >= 4 is 33.8 Å². The molecule has 0 atom stereocenters. The molecule has 0 bridgehead atoms. The highest BCUT2D eigenvalue weighted by molar-refractivity contribution is 7.17. The second kappa shape index (κ2) is 8.44. The number of para-hydroxylation sites is 2. The lowest BCUT2D eigenvalue weighted by Gasteiger charge is -2.36. The fourth-order valence-corrected chi connectivity index (χ4v) is 4.50. The number of hydrogen-bond donors (Lipinski definition) is 1. The summed E-state index contributed by atoms with van der Waals surface area (Å²) in [7, 11) is 0. The van der Waals surface area contributed by atoms with Gasteiger partial charge in [0, 0.05) is 37.6 Å². The summed E-state index contributed by atoms with van der Waals surface area (Å²) in [6.45, 7) is 5.77. The Morgan fingerprint density at radius 2 is 1.57 bits per heavy atom. The molecule has 2 aromatic carbocycles. The topological polar surface area (TPSA) is 48.5 Å². The monoisotopic (exact) mass is 392 g/mol. The van der Waals surface area contributed by atoms with Crippen LogP contribution in [-0.2, 0) is 6.42 Å². The average molecular weight is 393 g/mol. The van der Waals surface area contributed by atoms with Gasteiger partial charge in [-0.25, -0.2) is 4.98 Å². The maximum absolute atomic E-state index is 12.8. The van der Waals surface area contributed by atoms with Crippen molar-refractivity contribution in [3.05, 3.63) is 71.2 Å². The van der Waals surface area contributed by atoms with E-state index < -0.39 is 0 Å². The number of aromatic nitrogens is 1.